The zero-order chi connectivity index (χ0) is 13.4. The Labute approximate surface area is 108 Å². The topological polar surface area (TPSA) is 59.4 Å². The lowest BCUT2D eigenvalue weighted by molar-refractivity contribution is -0.147. The summed E-state index contributed by atoms with van der Waals surface area (Å²) in [7, 11) is 0. The summed E-state index contributed by atoms with van der Waals surface area (Å²) in [5, 5.41) is 9.48. The van der Waals surface area contributed by atoms with E-state index < -0.39 is 5.97 Å². The molecule has 1 N–H and O–H groups in total. The van der Waals surface area contributed by atoms with Crippen LogP contribution in [-0.4, -0.2) is 22.2 Å². The number of carboxylic acids is 1. The van der Waals surface area contributed by atoms with Crippen molar-refractivity contribution in [1.29, 1.82) is 0 Å². The van der Waals surface area contributed by atoms with Gasteiger partial charge in [0.05, 0.1) is 5.92 Å². The Morgan fingerprint density at radius 3 is 2.95 bits per heavy atom. The van der Waals surface area contributed by atoms with Crippen molar-refractivity contribution in [1.82, 2.24) is 4.98 Å². The van der Waals surface area contributed by atoms with E-state index in [0.29, 0.717) is 29.5 Å². The number of halogens is 1. The van der Waals surface area contributed by atoms with Crippen LogP contribution in [-0.2, 0) is 4.79 Å². The van der Waals surface area contributed by atoms with Gasteiger partial charge in [-0.25, -0.2) is 4.39 Å². The number of pyridine rings is 1. The maximum atomic E-state index is 13.5. The van der Waals surface area contributed by atoms with Gasteiger partial charge in [-0.3, -0.25) is 9.78 Å². The zero-order valence-electron chi connectivity index (χ0n) is 10.0. The van der Waals surface area contributed by atoms with Crippen LogP contribution in [0, 0.1) is 11.7 Å². The van der Waals surface area contributed by atoms with E-state index in [4.69, 9.17) is 9.84 Å². The van der Waals surface area contributed by atoms with Crippen molar-refractivity contribution in [2.45, 2.75) is 18.9 Å². The van der Waals surface area contributed by atoms with E-state index in [1.807, 2.05) is 0 Å². The first-order valence-corrected chi connectivity index (χ1v) is 6.07. The molecule has 0 bridgehead atoms. The average Bonchev–Trinajstić information content (AvgIpc) is 2.32. The van der Waals surface area contributed by atoms with Crippen molar-refractivity contribution in [3.05, 3.63) is 36.3 Å². The van der Waals surface area contributed by atoms with Gasteiger partial charge in [-0.15, -0.1) is 0 Å². The van der Waals surface area contributed by atoms with Gasteiger partial charge in [0.15, 0.2) is 0 Å². The van der Waals surface area contributed by atoms with Crippen LogP contribution in [0.15, 0.2) is 30.5 Å². The van der Waals surface area contributed by atoms with Crippen molar-refractivity contribution >= 4 is 16.9 Å². The van der Waals surface area contributed by atoms with Gasteiger partial charge in [0.25, 0.3) is 0 Å². The van der Waals surface area contributed by atoms with Crippen molar-refractivity contribution < 1.29 is 19.0 Å². The lowest BCUT2D eigenvalue weighted by atomic mass is 9.82. The molecule has 19 heavy (non-hydrogen) atoms. The van der Waals surface area contributed by atoms with Crippen LogP contribution in [0.1, 0.15) is 12.8 Å². The third-order valence-corrected chi connectivity index (χ3v) is 3.37. The molecule has 0 radical (unpaired) electrons. The number of nitrogens with zero attached hydrogens (tertiary/aromatic N) is 1. The minimum Gasteiger partial charge on any atom is -0.488 e. The number of hydrogen-bond acceptors (Lipinski definition) is 3. The molecule has 2 aromatic rings. The number of aromatic nitrogens is 1. The number of hydrogen-bond donors (Lipinski definition) is 1. The molecular formula is C14H12FNO3. The van der Waals surface area contributed by atoms with E-state index in [2.05, 4.69) is 4.98 Å². The molecule has 1 aromatic carbocycles. The van der Waals surface area contributed by atoms with Crippen LogP contribution in [0.25, 0.3) is 10.9 Å². The van der Waals surface area contributed by atoms with Crippen LogP contribution < -0.4 is 4.74 Å². The summed E-state index contributed by atoms with van der Waals surface area (Å²) in [4.78, 5) is 14.9. The number of ether oxygens (including phenoxy) is 1. The van der Waals surface area contributed by atoms with Crippen molar-refractivity contribution in [2.24, 2.45) is 5.92 Å². The lowest BCUT2D eigenvalue weighted by Crippen LogP contribution is -2.38. The summed E-state index contributed by atoms with van der Waals surface area (Å²) in [6.07, 6.45) is 2.36. The van der Waals surface area contributed by atoms with Gasteiger partial charge in [0.1, 0.15) is 23.2 Å². The predicted molar refractivity (Wildman–Crippen MR) is 66.5 cm³/mol. The van der Waals surface area contributed by atoms with Crippen LogP contribution in [0.5, 0.6) is 5.75 Å². The van der Waals surface area contributed by atoms with E-state index in [-0.39, 0.29) is 17.8 Å². The van der Waals surface area contributed by atoms with Crippen molar-refractivity contribution in [3.8, 4) is 5.75 Å². The normalized spacial score (nSPS) is 21.9. The first-order chi connectivity index (χ1) is 9.13. The lowest BCUT2D eigenvalue weighted by Gasteiger charge is -2.32. The Hall–Kier alpha value is -2.17. The van der Waals surface area contributed by atoms with E-state index in [1.54, 1.807) is 18.3 Å². The first kappa shape index (κ1) is 11.9. The highest BCUT2D eigenvalue weighted by Crippen LogP contribution is 2.34. The highest BCUT2D eigenvalue weighted by molar-refractivity contribution is 5.84. The summed E-state index contributed by atoms with van der Waals surface area (Å²) in [6, 6.07) is 6.19. The monoisotopic (exact) mass is 261 g/mol. The minimum absolute atomic E-state index is 0.173. The molecule has 98 valence electrons. The molecule has 3 rings (SSSR count). The van der Waals surface area contributed by atoms with E-state index in [0.717, 1.165) is 0 Å². The van der Waals surface area contributed by atoms with Gasteiger partial charge in [-0.1, -0.05) is 6.07 Å². The number of carbonyl (C=O) groups is 1. The van der Waals surface area contributed by atoms with Crippen LogP contribution in [0.3, 0.4) is 0 Å². The van der Waals surface area contributed by atoms with Gasteiger partial charge in [0.2, 0.25) is 0 Å². The number of carboxylic acid groups (broad SMARTS) is 1. The summed E-state index contributed by atoms with van der Waals surface area (Å²) in [5.41, 5.74) is 0.600. The van der Waals surface area contributed by atoms with Crippen LogP contribution in [0.4, 0.5) is 4.39 Å². The first-order valence-electron chi connectivity index (χ1n) is 6.07. The molecule has 5 heteroatoms. The van der Waals surface area contributed by atoms with Gasteiger partial charge >= 0.3 is 5.97 Å². The molecule has 1 aliphatic carbocycles. The predicted octanol–water partition coefficient (Wildman–Crippen LogP) is 2.62. The van der Waals surface area contributed by atoms with Gasteiger partial charge in [-0.2, -0.15) is 0 Å². The fourth-order valence-corrected chi connectivity index (χ4v) is 2.26. The van der Waals surface area contributed by atoms with Gasteiger partial charge < -0.3 is 9.84 Å². The molecule has 1 aliphatic rings. The maximum Gasteiger partial charge on any atom is 0.306 e. The Morgan fingerprint density at radius 2 is 2.21 bits per heavy atom. The molecule has 0 aliphatic heterocycles. The maximum absolute atomic E-state index is 13.5. The summed E-state index contributed by atoms with van der Waals surface area (Å²) >= 11 is 0. The molecule has 0 amide bonds. The fraction of sp³-hybridized carbons (Fsp3) is 0.286. The average molecular weight is 261 g/mol. The second-order valence-electron chi connectivity index (χ2n) is 4.73. The molecule has 0 unspecified atom stereocenters. The number of fused-ring (bicyclic) bond motifs is 1. The molecule has 1 fully saturated rings. The second kappa shape index (κ2) is 4.50. The molecule has 1 heterocycles. The summed E-state index contributed by atoms with van der Waals surface area (Å²) in [6.45, 7) is 0. The highest BCUT2D eigenvalue weighted by atomic mass is 19.1. The molecule has 4 nitrogen and oxygen atoms in total. The van der Waals surface area contributed by atoms with Crippen LogP contribution >= 0.6 is 0 Å². The molecular weight excluding hydrogens is 249 g/mol. The Morgan fingerprint density at radius 1 is 1.42 bits per heavy atom. The standard InChI is InChI=1S/C14H12FNO3/c15-10-4-8-2-1-3-16-13(8)12(7-10)19-11-5-9(6-11)14(17)18/h1-4,7,9,11H,5-6H2,(H,17,18). The SMILES string of the molecule is O=C(O)C1CC(Oc2cc(F)cc3cccnc23)C1. The van der Waals surface area contributed by atoms with Gasteiger partial charge in [-0.05, 0) is 25.0 Å². The van der Waals surface area contributed by atoms with E-state index in [1.165, 1.54) is 12.1 Å². The molecule has 0 spiro atoms. The quantitative estimate of drug-likeness (QED) is 0.922. The number of aliphatic carboxylic acids is 1. The summed E-state index contributed by atoms with van der Waals surface area (Å²) in [5.74, 6) is -1.16. The number of benzene rings is 1. The Kier molecular flexibility index (Phi) is 2.81. The van der Waals surface area contributed by atoms with Crippen molar-refractivity contribution in [2.75, 3.05) is 0 Å². The van der Waals surface area contributed by atoms with Crippen LogP contribution in [0.2, 0.25) is 0 Å². The smallest absolute Gasteiger partial charge is 0.306 e. The molecule has 0 atom stereocenters. The minimum atomic E-state index is -0.804. The molecule has 0 saturated heterocycles. The number of rotatable bonds is 3. The molecule has 1 saturated carbocycles. The Bertz CT molecular complexity index is 638. The van der Waals surface area contributed by atoms with E-state index >= 15 is 0 Å². The third kappa shape index (κ3) is 2.23. The highest BCUT2D eigenvalue weighted by Gasteiger charge is 2.36. The van der Waals surface area contributed by atoms with Gasteiger partial charge in [0, 0.05) is 17.6 Å². The largest absolute Gasteiger partial charge is 0.488 e. The zero-order valence-corrected chi connectivity index (χ0v) is 10.0. The fourth-order valence-electron chi connectivity index (χ4n) is 2.26. The van der Waals surface area contributed by atoms with Crippen molar-refractivity contribution in [3.63, 3.8) is 0 Å². The summed E-state index contributed by atoms with van der Waals surface area (Å²) < 4.78 is 19.1. The van der Waals surface area contributed by atoms with E-state index in [9.17, 15) is 9.18 Å². The molecule has 1 aromatic heterocycles. The second-order valence-corrected chi connectivity index (χ2v) is 4.73. The Balaban J connectivity index is 1.83. The third-order valence-electron chi connectivity index (χ3n) is 3.37.